The molecule has 0 fully saturated rings. The minimum Gasteiger partial charge on any atom is -0.267 e. The Labute approximate surface area is 101 Å². The van der Waals surface area contributed by atoms with Crippen LogP contribution in [0.2, 0.25) is 0 Å². The van der Waals surface area contributed by atoms with Crippen LogP contribution in [0.3, 0.4) is 0 Å². The topological polar surface area (TPSA) is 29.4 Å². The SMILES string of the molecule is CC(=NC(=O)c1ccccc1)c1ccccc1. The van der Waals surface area contributed by atoms with E-state index < -0.39 is 0 Å². The summed E-state index contributed by atoms with van der Waals surface area (Å²) in [5.74, 6) is -0.202. The highest BCUT2D eigenvalue weighted by atomic mass is 16.1. The molecule has 0 aromatic heterocycles. The smallest absolute Gasteiger partial charge is 0.267 e. The zero-order valence-corrected chi connectivity index (χ0v) is 9.63. The lowest BCUT2D eigenvalue weighted by Crippen LogP contribution is -2.01. The van der Waals surface area contributed by atoms with Crippen LogP contribution in [0.4, 0.5) is 0 Å². The van der Waals surface area contributed by atoms with Crippen LogP contribution in [0.5, 0.6) is 0 Å². The van der Waals surface area contributed by atoms with E-state index in [0.717, 1.165) is 11.3 Å². The summed E-state index contributed by atoms with van der Waals surface area (Å²) >= 11 is 0. The first-order valence-corrected chi connectivity index (χ1v) is 5.47. The van der Waals surface area contributed by atoms with Crippen LogP contribution in [0.1, 0.15) is 22.8 Å². The highest BCUT2D eigenvalue weighted by Gasteiger charge is 2.04. The maximum absolute atomic E-state index is 11.8. The number of carbonyl (C=O) groups is 1. The molecule has 0 saturated heterocycles. The van der Waals surface area contributed by atoms with Crippen LogP contribution in [-0.2, 0) is 0 Å². The van der Waals surface area contributed by atoms with Crippen molar-refractivity contribution in [3.63, 3.8) is 0 Å². The summed E-state index contributed by atoms with van der Waals surface area (Å²) < 4.78 is 0. The first-order chi connectivity index (χ1) is 8.27. The van der Waals surface area contributed by atoms with Crippen LogP contribution in [0.25, 0.3) is 0 Å². The Morgan fingerprint density at radius 2 is 1.29 bits per heavy atom. The molecule has 2 heteroatoms. The average molecular weight is 223 g/mol. The highest BCUT2D eigenvalue weighted by molar-refractivity contribution is 6.09. The minimum absolute atomic E-state index is 0.202. The second-order valence-corrected chi connectivity index (χ2v) is 3.73. The molecule has 0 atom stereocenters. The lowest BCUT2D eigenvalue weighted by molar-refractivity contribution is 0.100. The molecule has 0 aliphatic rings. The molecular formula is C15H13NO. The van der Waals surface area contributed by atoms with Crippen molar-refractivity contribution in [1.82, 2.24) is 0 Å². The summed E-state index contributed by atoms with van der Waals surface area (Å²) in [6.45, 7) is 1.84. The third kappa shape index (κ3) is 2.88. The van der Waals surface area contributed by atoms with Gasteiger partial charge in [-0.15, -0.1) is 0 Å². The number of nitrogens with zero attached hydrogens (tertiary/aromatic N) is 1. The normalized spacial score (nSPS) is 11.2. The molecule has 0 aliphatic carbocycles. The van der Waals surface area contributed by atoms with E-state index in [1.54, 1.807) is 12.1 Å². The fourth-order valence-electron chi connectivity index (χ4n) is 1.54. The lowest BCUT2D eigenvalue weighted by Gasteiger charge is -2.00. The molecule has 0 heterocycles. The van der Waals surface area contributed by atoms with E-state index in [0.29, 0.717) is 5.56 Å². The molecule has 2 nitrogen and oxygen atoms in total. The lowest BCUT2D eigenvalue weighted by atomic mass is 10.1. The van der Waals surface area contributed by atoms with Gasteiger partial charge in [-0.25, -0.2) is 4.99 Å². The van der Waals surface area contributed by atoms with Gasteiger partial charge < -0.3 is 0 Å². The second kappa shape index (κ2) is 5.21. The van der Waals surface area contributed by atoms with E-state index in [1.807, 2.05) is 55.5 Å². The molecule has 0 aliphatic heterocycles. The van der Waals surface area contributed by atoms with Crippen molar-refractivity contribution in [3.8, 4) is 0 Å². The van der Waals surface area contributed by atoms with Gasteiger partial charge in [0.2, 0.25) is 0 Å². The van der Waals surface area contributed by atoms with Crippen LogP contribution in [0.15, 0.2) is 65.7 Å². The quantitative estimate of drug-likeness (QED) is 0.718. The minimum atomic E-state index is -0.202. The molecule has 2 rings (SSSR count). The summed E-state index contributed by atoms with van der Waals surface area (Å²) in [4.78, 5) is 15.9. The molecule has 0 unspecified atom stereocenters. The molecule has 2 aromatic rings. The predicted octanol–water partition coefficient (Wildman–Crippen LogP) is 3.34. The van der Waals surface area contributed by atoms with Gasteiger partial charge >= 0.3 is 0 Å². The van der Waals surface area contributed by atoms with E-state index in [4.69, 9.17) is 0 Å². The van der Waals surface area contributed by atoms with Gasteiger partial charge in [-0.1, -0.05) is 48.5 Å². The predicted molar refractivity (Wildman–Crippen MR) is 69.4 cm³/mol. The van der Waals surface area contributed by atoms with E-state index in [1.165, 1.54) is 0 Å². The van der Waals surface area contributed by atoms with E-state index in [2.05, 4.69) is 4.99 Å². The van der Waals surface area contributed by atoms with Crippen LogP contribution >= 0.6 is 0 Å². The molecule has 1 amide bonds. The van der Waals surface area contributed by atoms with E-state index >= 15 is 0 Å². The number of aliphatic imine (C=N–C) groups is 1. The third-order valence-electron chi connectivity index (χ3n) is 2.48. The third-order valence-corrected chi connectivity index (χ3v) is 2.48. The first kappa shape index (κ1) is 11.3. The molecule has 2 aromatic carbocycles. The largest absolute Gasteiger partial charge is 0.277 e. The number of amides is 1. The van der Waals surface area contributed by atoms with Gasteiger partial charge in [-0.3, -0.25) is 4.79 Å². The van der Waals surface area contributed by atoms with Crippen molar-refractivity contribution in [1.29, 1.82) is 0 Å². The Bertz CT molecular complexity index is 529. The summed E-state index contributed by atoms with van der Waals surface area (Å²) in [7, 11) is 0. The maximum atomic E-state index is 11.8. The molecule has 17 heavy (non-hydrogen) atoms. The number of hydrogen-bond donors (Lipinski definition) is 0. The molecule has 84 valence electrons. The zero-order valence-electron chi connectivity index (χ0n) is 9.63. The van der Waals surface area contributed by atoms with Crippen molar-refractivity contribution in [2.75, 3.05) is 0 Å². The fourth-order valence-corrected chi connectivity index (χ4v) is 1.54. The Morgan fingerprint density at radius 1 is 0.824 bits per heavy atom. The molecule has 0 radical (unpaired) electrons. The first-order valence-electron chi connectivity index (χ1n) is 5.47. The Morgan fingerprint density at radius 3 is 1.82 bits per heavy atom. The van der Waals surface area contributed by atoms with Crippen molar-refractivity contribution in [2.24, 2.45) is 4.99 Å². The second-order valence-electron chi connectivity index (χ2n) is 3.73. The van der Waals surface area contributed by atoms with Gasteiger partial charge in [0.25, 0.3) is 5.91 Å². The molecule has 0 saturated carbocycles. The maximum Gasteiger partial charge on any atom is 0.277 e. The standard InChI is InChI=1S/C15H13NO/c1-12(13-8-4-2-5-9-13)16-15(17)14-10-6-3-7-11-14/h2-11H,1H3. The molecule has 0 bridgehead atoms. The molecule has 0 spiro atoms. The van der Waals surface area contributed by atoms with Gasteiger partial charge in [0.15, 0.2) is 0 Å². The Hall–Kier alpha value is -2.22. The van der Waals surface area contributed by atoms with Crippen molar-refractivity contribution < 1.29 is 4.79 Å². The van der Waals surface area contributed by atoms with Crippen molar-refractivity contribution >= 4 is 11.6 Å². The summed E-state index contributed by atoms with van der Waals surface area (Å²) in [6.07, 6.45) is 0. The molecule has 0 N–H and O–H groups in total. The van der Waals surface area contributed by atoms with E-state index in [-0.39, 0.29) is 5.91 Å². The summed E-state index contributed by atoms with van der Waals surface area (Å²) in [5.41, 5.74) is 2.32. The van der Waals surface area contributed by atoms with E-state index in [9.17, 15) is 4.79 Å². The van der Waals surface area contributed by atoms with Crippen molar-refractivity contribution in [2.45, 2.75) is 6.92 Å². The fraction of sp³-hybridized carbons (Fsp3) is 0.0667. The van der Waals surface area contributed by atoms with Crippen molar-refractivity contribution in [3.05, 3.63) is 71.8 Å². The number of hydrogen-bond acceptors (Lipinski definition) is 1. The van der Waals surface area contributed by atoms with Gasteiger partial charge in [0.1, 0.15) is 0 Å². The van der Waals surface area contributed by atoms with Gasteiger partial charge in [-0.05, 0) is 24.6 Å². The average Bonchev–Trinajstić information content (AvgIpc) is 2.40. The van der Waals surface area contributed by atoms with Crippen LogP contribution in [-0.4, -0.2) is 11.6 Å². The highest BCUT2D eigenvalue weighted by Crippen LogP contribution is 2.05. The summed E-state index contributed by atoms with van der Waals surface area (Å²) in [5, 5.41) is 0. The number of carbonyl (C=O) groups excluding carboxylic acids is 1. The monoisotopic (exact) mass is 223 g/mol. The number of rotatable bonds is 2. The van der Waals surface area contributed by atoms with Gasteiger partial charge in [-0.2, -0.15) is 0 Å². The molecular weight excluding hydrogens is 210 g/mol. The van der Waals surface area contributed by atoms with Crippen LogP contribution < -0.4 is 0 Å². The Kier molecular flexibility index (Phi) is 3.46. The summed E-state index contributed by atoms with van der Waals surface area (Å²) in [6, 6.07) is 18.8. The van der Waals surface area contributed by atoms with Gasteiger partial charge in [0.05, 0.1) is 0 Å². The zero-order chi connectivity index (χ0) is 12.1. The Balaban J connectivity index is 2.24. The number of benzene rings is 2. The van der Waals surface area contributed by atoms with Crippen LogP contribution in [0, 0.1) is 0 Å². The van der Waals surface area contributed by atoms with Gasteiger partial charge in [0, 0.05) is 11.3 Å².